The van der Waals surface area contributed by atoms with Crippen LogP contribution in [0, 0.1) is 34.6 Å². The average molecular weight is 857 g/mol. The quantitative estimate of drug-likeness (QED) is 0.0875. The Morgan fingerprint density at radius 3 is 1.57 bits per heavy atom. The third kappa shape index (κ3) is 9.65. The highest BCUT2D eigenvalue weighted by atomic mass is 19.4. The van der Waals surface area contributed by atoms with Gasteiger partial charge in [0.15, 0.2) is 0 Å². The number of methoxy groups -OCH3 is 1. The maximum absolute atomic E-state index is 14.6. The fourth-order valence-electron chi connectivity index (χ4n) is 6.82. The van der Waals surface area contributed by atoms with Gasteiger partial charge in [-0.3, -0.25) is 0 Å². The highest BCUT2D eigenvalue weighted by Crippen LogP contribution is 2.43. The number of benzene rings is 4. The van der Waals surface area contributed by atoms with Crippen LogP contribution in [0.25, 0.3) is 34.0 Å². The number of rotatable bonds is 13. The average Bonchev–Trinajstić information content (AvgIpc) is 3.76. The van der Waals surface area contributed by atoms with Gasteiger partial charge in [0, 0.05) is 28.1 Å². The van der Waals surface area contributed by atoms with Crippen LogP contribution in [-0.4, -0.2) is 62.0 Å². The SMILES string of the molecule is COc1ccc(-c2cc(-c3ccc(C)cc3C)c(/C=C3\N=C(c4ccc(C)cc4)C=C3c3ccc(C)cc3C)n2B(OCC(F)(F)C(F)(F)F)OCC(F)(F)C(F)(F)F)cc1. The minimum absolute atomic E-state index is 0.0714. The summed E-state index contributed by atoms with van der Waals surface area (Å²) in [5, 5.41) is 0. The molecular weight excluding hydrogens is 817 g/mol. The number of aromatic nitrogens is 1. The highest BCUT2D eigenvalue weighted by molar-refractivity contribution is 6.44. The van der Waals surface area contributed by atoms with Crippen molar-refractivity contribution >= 4 is 24.6 Å². The number of hydrogen-bond donors (Lipinski definition) is 0. The summed E-state index contributed by atoms with van der Waals surface area (Å²) in [7, 11) is -1.35. The van der Waals surface area contributed by atoms with Gasteiger partial charge in [0.2, 0.25) is 0 Å². The Morgan fingerprint density at radius 1 is 0.590 bits per heavy atom. The van der Waals surface area contributed by atoms with Gasteiger partial charge in [-0.15, -0.1) is 0 Å². The molecule has 0 spiro atoms. The second-order valence-electron chi connectivity index (χ2n) is 14.8. The number of hydrogen-bond acceptors (Lipinski definition) is 4. The molecule has 4 aromatic carbocycles. The Kier molecular flexibility index (Phi) is 12.6. The van der Waals surface area contributed by atoms with Gasteiger partial charge in [0.1, 0.15) is 19.0 Å². The van der Waals surface area contributed by atoms with E-state index in [4.69, 9.17) is 19.0 Å². The van der Waals surface area contributed by atoms with E-state index in [9.17, 15) is 43.9 Å². The maximum Gasteiger partial charge on any atom is 0.598 e. The first-order chi connectivity index (χ1) is 28.5. The number of aliphatic imine (C=N–C) groups is 1. The summed E-state index contributed by atoms with van der Waals surface area (Å²) in [5.41, 5.74) is 7.72. The largest absolute Gasteiger partial charge is 0.598 e. The standard InChI is InChI=1S/C45H39BF10N2O3/c1-26-7-11-31(12-8-26)38-21-36(34-17-9-27(2)19-29(34)4)39(57-38)23-41-37(35-18-10-28(3)20-30(35)5)22-40(32-13-15-33(59-6)16-14-32)58(41)46(60-24-42(47,48)44(51,52)53)61-25-43(49,50)45(54,55)56/h7-23H,24-25H2,1-6H3/b39-23-. The van der Waals surface area contributed by atoms with Crippen LogP contribution in [0.2, 0.25) is 0 Å². The molecule has 1 aromatic heterocycles. The minimum atomic E-state index is -6.19. The molecule has 0 atom stereocenters. The number of ether oxygens (including phenoxy) is 1. The molecule has 0 bridgehead atoms. The van der Waals surface area contributed by atoms with Crippen LogP contribution in [0.4, 0.5) is 43.9 Å². The van der Waals surface area contributed by atoms with Crippen molar-refractivity contribution in [3.8, 4) is 28.1 Å². The summed E-state index contributed by atoms with van der Waals surface area (Å²) in [6.45, 7) is 4.25. The van der Waals surface area contributed by atoms with Gasteiger partial charge in [0.05, 0.1) is 18.5 Å². The van der Waals surface area contributed by atoms with Crippen LogP contribution in [-0.2, 0) is 9.31 Å². The molecule has 0 aliphatic carbocycles. The molecule has 16 heteroatoms. The molecule has 0 unspecified atom stereocenters. The molecule has 320 valence electrons. The van der Waals surface area contributed by atoms with Crippen molar-refractivity contribution < 1.29 is 57.9 Å². The summed E-state index contributed by atoms with van der Waals surface area (Å²) < 4.78 is 156. The Balaban J connectivity index is 1.71. The first-order valence-corrected chi connectivity index (χ1v) is 18.8. The van der Waals surface area contributed by atoms with Crippen molar-refractivity contribution in [2.24, 2.45) is 4.99 Å². The van der Waals surface area contributed by atoms with E-state index in [1.165, 1.54) is 43.5 Å². The van der Waals surface area contributed by atoms with E-state index in [-0.39, 0.29) is 28.2 Å². The summed E-state index contributed by atoms with van der Waals surface area (Å²) >= 11 is 0. The fourth-order valence-corrected chi connectivity index (χ4v) is 6.82. The van der Waals surface area contributed by atoms with Gasteiger partial charge < -0.3 is 18.5 Å². The fraction of sp³-hybridized carbons (Fsp3) is 0.267. The molecule has 0 amide bonds. The molecule has 1 aliphatic rings. The number of aryl methyl sites for hydroxylation is 5. The van der Waals surface area contributed by atoms with Crippen molar-refractivity contribution in [1.82, 2.24) is 4.48 Å². The number of halogens is 10. The Morgan fingerprint density at radius 2 is 1.08 bits per heavy atom. The number of nitrogens with zero attached hydrogens (tertiary/aromatic N) is 2. The zero-order valence-corrected chi connectivity index (χ0v) is 33.7. The zero-order chi connectivity index (χ0) is 44.7. The van der Waals surface area contributed by atoms with Gasteiger partial charge in [0.25, 0.3) is 0 Å². The second-order valence-corrected chi connectivity index (χ2v) is 14.8. The van der Waals surface area contributed by atoms with Crippen LogP contribution in [0.3, 0.4) is 0 Å². The van der Waals surface area contributed by atoms with Gasteiger partial charge >= 0.3 is 31.5 Å². The molecule has 2 heterocycles. The van der Waals surface area contributed by atoms with Crippen LogP contribution in [0.1, 0.15) is 44.6 Å². The summed E-state index contributed by atoms with van der Waals surface area (Å²) in [5.74, 6) is -10.8. The molecule has 1 aliphatic heterocycles. The van der Waals surface area contributed by atoms with Crippen LogP contribution < -0.4 is 4.74 Å². The molecule has 0 saturated heterocycles. The lowest BCUT2D eigenvalue weighted by Crippen LogP contribution is -2.48. The minimum Gasteiger partial charge on any atom is -0.497 e. The van der Waals surface area contributed by atoms with Crippen LogP contribution in [0.15, 0.2) is 108 Å². The molecule has 5 nitrogen and oxygen atoms in total. The van der Waals surface area contributed by atoms with Crippen LogP contribution >= 0.6 is 0 Å². The molecule has 5 aromatic rings. The normalized spacial score (nSPS) is 14.4. The highest BCUT2D eigenvalue weighted by Gasteiger charge is 2.60. The monoisotopic (exact) mass is 856 g/mol. The Hall–Kier alpha value is -5.61. The first-order valence-electron chi connectivity index (χ1n) is 18.8. The summed E-state index contributed by atoms with van der Waals surface area (Å²) in [4.78, 5) is 4.95. The summed E-state index contributed by atoms with van der Waals surface area (Å²) in [6, 6.07) is 25.8. The van der Waals surface area contributed by atoms with Crippen molar-refractivity contribution in [3.05, 3.63) is 147 Å². The Bertz CT molecular complexity index is 2470. The van der Waals surface area contributed by atoms with Crippen molar-refractivity contribution in [2.45, 2.75) is 58.8 Å². The maximum atomic E-state index is 14.6. The third-order valence-corrected chi connectivity index (χ3v) is 10.1. The second kappa shape index (κ2) is 17.0. The van der Waals surface area contributed by atoms with Crippen LogP contribution in [0.5, 0.6) is 5.75 Å². The molecular formula is C45H39BF10N2O3. The van der Waals surface area contributed by atoms with Crippen molar-refractivity contribution in [1.29, 1.82) is 0 Å². The van der Waals surface area contributed by atoms with E-state index in [0.717, 1.165) is 26.7 Å². The molecule has 0 N–H and O–H groups in total. The van der Waals surface area contributed by atoms with Gasteiger partial charge in [-0.05, 0) is 105 Å². The molecule has 0 fully saturated rings. The smallest absolute Gasteiger partial charge is 0.497 e. The molecule has 0 saturated carbocycles. The summed E-state index contributed by atoms with van der Waals surface area (Å²) in [6.07, 6.45) is -9.11. The topological polar surface area (TPSA) is 45.0 Å². The van der Waals surface area contributed by atoms with E-state index in [0.29, 0.717) is 39.3 Å². The third-order valence-electron chi connectivity index (χ3n) is 10.1. The van der Waals surface area contributed by atoms with Gasteiger partial charge in [-0.2, -0.15) is 43.9 Å². The predicted molar refractivity (Wildman–Crippen MR) is 216 cm³/mol. The van der Waals surface area contributed by atoms with E-state index in [1.807, 2.05) is 76.2 Å². The van der Waals surface area contributed by atoms with Crippen molar-refractivity contribution in [3.63, 3.8) is 0 Å². The Labute approximate surface area is 346 Å². The van der Waals surface area contributed by atoms with E-state index >= 15 is 0 Å². The van der Waals surface area contributed by atoms with Crippen molar-refractivity contribution in [2.75, 3.05) is 20.3 Å². The first kappa shape index (κ1) is 44.9. The van der Waals surface area contributed by atoms with Gasteiger partial charge in [-0.1, -0.05) is 77.4 Å². The number of alkyl halides is 10. The lowest BCUT2D eigenvalue weighted by atomic mass is 9.94. The predicted octanol–water partition coefficient (Wildman–Crippen LogP) is 12.6. The molecule has 6 rings (SSSR count). The zero-order valence-electron chi connectivity index (χ0n) is 33.7. The van der Waals surface area contributed by atoms with E-state index in [1.54, 1.807) is 25.1 Å². The lowest BCUT2D eigenvalue weighted by molar-refractivity contribution is -0.295. The molecule has 61 heavy (non-hydrogen) atoms. The van der Waals surface area contributed by atoms with E-state index < -0.39 is 44.7 Å². The molecule has 0 radical (unpaired) electrons. The van der Waals surface area contributed by atoms with E-state index in [2.05, 4.69) is 0 Å². The number of allylic oxidation sites excluding steroid dienone is 2. The van der Waals surface area contributed by atoms with Gasteiger partial charge in [-0.25, -0.2) is 4.99 Å². The lowest BCUT2D eigenvalue weighted by Gasteiger charge is -2.26.